The molecule has 2 heteroatoms. The monoisotopic (exact) mass is 590 g/mol. The zero-order valence-electron chi connectivity index (χ0n) is 28.8. The molecule has 228 valence electrons. The predicted molar refractivity (Wildman–Crippen MR) is 198 cm³/mol. The van der Waals surface area contributed by atoms with Gasteiger partial charge in [-0.1, -0.05) is 135 Å². The number of para-hydroxylation sites is 1. The average Bonchev–Trinajstić information content (AvgIpc) is 3.01. The van der Waals surface area contributed by atoms with Crippen LogP contribution in [0, 0.1) is 0 Å². The molecule has 0 saturated heterocycles. The fourth-order valence-electron chi connectivity index (χ4n) is 8.24. The number of fused-ring (bicyclic) bond motifs is 3. The number of rotatable bonds is 6. The van der Waals surface area contributed by atoms with E-state index >= 15 is 0 Å². The first kappa shape index (κ1) is 29.9. The molecule has 45 heavy (non-hydrogen) atoms. The van der Waals surface area contributed by atoms with Crippen molar-refractivity contribution in [2.45, 2.75) is 98.8 Å². The molecule has 0 fully saturated rings. The zero-order chi connectivity index (χ0) is 31.9. The zero-order valence-corrected chi connectivity index (χ0v) is 28.8. The highest BCUT2D eigenvalue weighted by Crippen LogP contribution is 2.45. The summed E-state index contributed by atoms with van der Waals surface area (Å²) in [5.41, 5.74) is 11.3. The van der Waals surface area contributed by atoms with Crippen LogP contribution in [-0.4, -0.2) is 6.71 Å². The summed E-state index contributed by atoms with van der Waals surface area (Å²) in [6.07, 6.45) is 0. The SMILES string of the molecule is CC(C)c1cc(C(C)C)c(B2c3ccccc3Oc3c2c(C(C)C)c2ccc4ccc(C(C)C)c5ccc3c2c45)c(C(C)C)c1. The molecule has 1 aliphatic heterocycles. The molecule has 0 aromatic heterocycles. The lowest BCUT2D eigenvalue weighted by Crippen LogP contribution is -2.58. The minimum Gasteiger partial charge on any atom is -0.458 e. The molecule has 0 saturated carbocycles. The second-order valence-corrected chi connectivity index (χ2v) is 15.0. The molecule has 0 amide bonds. The minimum atomic E-state index is 0.0894. The molecule has 0 aliphatic carbocycles. The van der Waals surface area contributed by atoms with Gasteiger partial charge in [-0.3, -0.25) is 0 Å². The van der Waals surface area contributed by atoms with Crippen molar-refractivity contribution in [1.29, 1.82) is 0 Å². The first-order valence-electron chi connectivity index (χ1n) is 17.2. The molecule has 0 spiro atoms. The van der Waals surface area contributed by atoms with Crippen molar-refractivity contribution < 1.29 is 4.74 Å². The van der Waals surface area contributed by atoms with Crippen LogP contribution >= 0.6 is 0 Å². The lowest BCUT2D eigenvalue weighted by molar-refractivity contribution is 0.492. The van der Waals surface area contributed by atoms with Crippen LogP contribution in [-0.2, 0) is 0 Å². The second-order valence-electron chi connectivity index (χ2n) is 15.0. The Bertz CT molecular complexity index is 2050. The Balaban J connectivity index is 1.69. The van der Waals surface area contributed by atoms with Crippen LogP contribution in [0.4, 0.5) is 0 Å². The molecule has 1 heterocycles. The van der Waals surface area contributed by atoms with Gasteiger partial charge in [0, 0.05) is 10.8 Å². The third-order valence-electron chi connectivity index (χ3n) is 10.4. The van der Waals surface area contributed by atoms with E-state index in [1.165, 1.54) is 76.5 Å². The largest absolute Gasteiger partial charge is 0.458 e. The van der Waals surface area contributed by atoms with Crippen molar-refractivity contribution in [3.8, 4) is 11.5 Å². The Morgan fingerprint density at radius 1 is 0.511 bits per heavy atom. The summed E-state index contributed by atoms with van der Waals surface area (Å²) in [7, 11) is 0. The quantitative estimate of drug-likeness (QED) is 0.138. The van der Waals surface area contributed by atoms with Gasteiger partial charge >= 0.3 is 0 Å². The highest BCUT2D eigenvalue weighted by atomic mass is 16.5. The van der Waals surface area contributed by atoms with Crippen molar-refractivity contribution >= 4 is 55.4 Å². The molecular formula is C43H47BO. The van der Waals surface area contributed by atoms with Gasteiger partial charge in [0.25, 0.3) is 6.71 Å². The molecule has 0 unspecified atom stereocenters. The fraction of sp³-hybridized carbons (Fsp3) is 0.349. The Labute approximate surface area is 270 Å². The number of ether oxygens (including phenoxy) is 1. The summed E-state index contributed by atoms with van der Waals surface area (Å²) >= 11 is 0. The smallest absolute Gasteiger partial charge is 0.252 e. The van der Waals surface area contributed by atoms with E-state index < -0.39 is 0 Å². The molecule has 1 aliphatic rings. The highest BCUT2D eigenvalue weighted by Gasteiger charge is 2.40. The fourth-order valence-corrected chi connectivity index (χ4v) is 8.24. The van der Waals surface area contributed by atoms with Gasteiger partial charge in [-0.25, -0.2) is 0 Å². The van der Waals surface area contributed by atoms with Crippen LogP contribution < -0.4 is 21.1 Å². The third kappa shape index (κ3) is 4.50. The van der Waals surface area contributed by atoms with Crippen LogP contribution in [0.25, 0.3) is 32.3 Å². The van der Waals surface area contributed by atoms with Crippen LogP contribution in [0.3, 0.4) is 0 Å². The summed E-state index contributed by atoms with van der Waals surface area (Å²) in [5.74, 6) is 4.10. The molecule has 0 atom stereocenters. The molecule has 6 aromatic carbocycles. The first-order chi connectivity index (χ1) is 21.5. The highest BCUT2D eigenvalue weighted by molar-refractivity contribution is 6.98. The predicted octanol–water partition coefficient (Wildman–Crippen LogP) is 10.8. The summed E-state index contributed by atoms with van der Waals surface area (Å²) in [5, 5.41) is 8.03. The van der Waals surface area contributed by atoms with E-state index in [4.69, 9.17) is 4.74 Å². The molecular weight excluding hydrogens is 543 g/mol. The van der Waals surface area contributed by atoms with E-state index in [1.54, 1.807) is 0 Å². The van der Waals surface area contributed by atoms with E-state index in [0.29, 0.717) is 29.6 Å². The molecule has 1 nitrogen and oxygen atoms in total. The number of benzene rings is 6. The lowest BCUT2D eigenvalue weighted by Gasteiger charge is -2.35. The van der Waals surface area contributed by atoms with Gasteiger partial charge in [0.2, 0.25) is 0 Å². The maximum absolute atomic E-state index is 7.12. The summed E-state index contributed by atoms with van der Waals surface area (Å²) < 4.78 is 7.12. The van der Waals surface area contributed by atoms with Crippen LogP contribution in [0.15, 0.2) is 72.8 Å². The standard InChI is InChI=1S/C43H47BO/c1-23(2)29-21-34(25(5)6)41(35(22-29)26(7)8)44-36-13-11-12-14-37(36)45-43-33-20-19-31-30(24(3)4)17-15-28-16-18-32(40(33)39(28)31)38(27(9)10)42(43)44/h11-27H,1-10H3. The van der Waals surface area contributed by atoms with Crippen molar-refractivity contribution in [3.05, 3.63) is 101 Å². The van der Waals surface area contributed by atoms with Crippen molar-refractivity contribution in [2.75, 3.05) is 0 Å². The Morgan fingerprint density at radius 3 is 1.73 bits per heavy atom. The van der Waals surface area contributed by atoms with E-state index in [1.807, 2.05) is 0 Å². The summed E-state index contributed by atoms with van der Waals surface area (Å²) in [6.45, 7) is 23.6. The number of hydrogen-bond donors (Lipinski definition) is 0. The summed E-state index contributed by atoms with van der Waals surface area (Å²) in [4.78, 5) is 0. The van der Waals surface area contributed by atoms with Crippen molar-refractivity contribution in [3.63, 3.8) is 0 Å². The minimum absolute atomic E-state index is 0.0894. The van der Waals surface area contributed by atoms with Gasteiger partial charge in [-0.2, -0.15) is 0 Å². The van der Waals surface area contributed by atoms with E-state index in [0.717, 1.165) is 11.5 Å². The van der Waals surface area contributed by atoms with Gasteiger partial charge in [-0.15, -0.1) is 0 Å². The second kappa shape index (κ2) is 10.9. The molecule has 0 N–H and O–H groups in total. The summed E-state index contributed by atoms with van der Waals surface area (Å²) in [6, 6.07) is 28.0. The third-order valence-corrected chi connectivity index (χ3v) is 10.4. The normalized spacial score (nSPS) is 13.4. The first-order valence-corrected chi connectivity index (χ1v) is 17.2. The van der Waals surface area contributed by atoms with Crippen molar-refractivity contribution in [1.82, 2.24) is 0 Å². The molecule has 6 aromatic rings. The van der Waals surface area contributed by atoms with E-state index in [9.17, 15) is 0 Å². The van der Waals surface area contributed by atoms with Gasteiger partial charge in [-0.05, 0) is 102 Å². The Hall–Kier alpha value is -3.78. The van der Waals surface area contributed by atoms with Gasteiger partial charge in [0.05, 0.1) is 0 Å². The van der Waals surface area contributed by atoms with Crippen LogP contribution in [0.1, 0.15) is 127 Å². The number of hydrogen-bond acceptors (Lipinski definition) is 1. The lowest BCUT2D eigenvalue weighted by atomic mass is 9.32. The molecule has 0 bridgehead atoms. The average molecular weight is 591 g/mol. The molecule has 0 radical (unpaired) electrons. The van der Waals surface area contributed by atoms with Gasteiger partial charge in [0.15, 0.2) is 0 Å². The topological polar surface area (TPSA) is 9.23 Å². The van der Waals surface area contributed by atoms with Crippen molar-refractivity contribution in [2.24, 2.45) is 0 Å². The maximum atomic E-state index is 7.12. The Kier molecular flexibility index (Phi) is 7.27. The van der Waals surface area contributed by atoms with E-state index in [-0.39, 0.29) is 6.71 Å². The van der Waals surface area contributed by atoms with E-state index in [2.05, 4.69) is 142 Å². The van der Waals surface area contributed by atoms with Gasteiger partial charge < -0.3 is 4.74 Å². The maximum Gasteiger partial charge on any atom is 0.252 e. The molecule has 7 rings (SSSR count). The van der Waals surface area contributed by atoms with Crippen LogP contribution in [0.5, 0.6) is 11.5 Å². The van der Waals surface area contributed by atoms with Gasteiger partial charge in [0.1, 0.15) is 11.5 Å². The Morgan fingerprint density at radius 2 is 1.11 bits per heavy atom. The van der Waals surface area contributed by atoms with Crippen LogP contribution in [0.2, 0.25) is 0 Å².